The third-order valence-electron chi connectivity index (χ3n) is 3.99. The second-order valence-corrected chi connectivity index (χ2v) is 5.95. The molecule has 4 heteroatoms. The summed E-state index contributed by atoms with van der Waals surface area (Å²) in [6.45, 7) is 6.72. The summed E-state index contributed by atoms with van der Waals surface area (Å²) in [7, 11) is 0. The molecule has 2 atom stereocenters. The molecule has 0 spiro atoms. The maximum atomic E-state index is 11.8. The number of hydrogen-bond acceptors (Lipinski definition) is 3. The van der Waals surface area contributed by atoms with Gasteiger partial charge in [0.2, 0.25) is 5.91 Å². The Kier molecular flexibility index (Phi) is 5.01. The largest absolute Gasteiger partial charge is 0.371 e. The molecule has 3 N–H and O–H groups in total. The van der Waals surface area contributed by atoms with Gasteiger partial charge in [-0.2, -0.15) is 0 Å². The third kappa shape index (κ3) is 3.73. The van der Waals surface area contributed by atoms with Crippen molar-refractivity contribution >= 4 is 11.6 Å². The molecule has 1 aromatic carbocycles. The summed E-state index contributed by atoms with van der Waals surface area (Å²) < 4.78 is 0. The van der Waals surface area contributed by atoms with Gasteiger partial charge >= 0.3 is 0 Å². The number of carbonyl (C=O) groups excluding carboxylic acids is 1. The van der Waals surface area contributed by atoms with Crippen LogP contribution in [0.15, 0.2) is 30.3 Å². The van der Waals surface area contributed by atoms with Crippen molar-refractivity contribution in [2.75, 3.05) is 24.5 Å². The molecule has 0 saturated carbocycles. The fourth-order valence-corrected chi connectivity index (χ4v) is 2.54. The first-order chi connectivity index (χ1) is 9.58. The van der Waals surface area contributed by atoms with Gasteiger partial charge < -0.3 is 16.0 Å². The summed E-state index contributed by atoms with van der Waals surface area (Å²) in [4.78, 5) is 14.2. The van der Waals surface area contributed by atoms with Crippen molar-refractivity contribution in [3.63, 3.8) is 0 Å². The van der Waals surface area contributed by atoms with Gasteiger partial charge in [-0.05, 0) is 30.4 Å². The van der Waals surface area contributed by atoms with E-state index in [1.54, 1.807) is 0 Å². The zero-order chi connectivity index (χ0) is 14.5. The predicted molar refractivity (Wildman–Crippen MR) is 82.6 cm³/mol. The van der Waals surface area contributed by atoms with Crippen LogP contribution in [0.1, 0.15) is 20.3 Å². The number of anilines is 1. The molecule has 1 aromatic rings. The van der Waals surface area contributed by atoms with Crippen LogP contribution in [0, 0.1) is 11.8 Å². The van der Waals surface area contributed by atoms with Gasteiger partial charge in [0.15, 0.2) is 0 Å². The van der Waals surface area contributed by atoms with E-state index in [9.17, 15) is 4.79 Å². The molecule has 0 aliphatic carbocycles. The van der Waals surface area contributed by atoms with Crippen LogP contribution in [0.5, 0.6) is 0 Å². The van der Waals surface area contributed by atoms with Crippen molar-refractivity contribution in [3.8, 4) is 0 Å². The number of nitrogens with two attached hydrogens (primary N) is 1. The van der Waals surface area contributed by atoms with Crippen molar-refractivity contribution in [2.24, 2.45) is 17.6 Å². The molecule has 20 heavy (non-hydrogen) atoms. The first-order valence-electron chi connectivity index (χ1n) is 7.41. The summed E-state index contributed by atoms with van der Waals surface area (Å²) in [6.07, 6.45) is 1.12. The van der Waals surface area contributed by atoms with Gasteiger partial charge in [-0.1, -0.05) is 32.0 Å². The highest BCUT2D eigenvalue weighted by Crippen LogP contribution is 2.22. The van der Waals surface area contributed by atoms with E-state index in [-0.39, 0.29) is 11.8 Å². The zero-order valence-corrected chi connectivity index (χ0v) is 12.4. The lowest BCUT2D eigenvalue weighted by Crippen LogP contribution is -2.45. The van der Waals surface area contributed by atoms with Gasteiger partial charge in [-0.25, -0.2) is 0 Å². The van der Waals surface area contributed by atoms with Crippen molar-refractivity contribution in [1.82, 2.24) is 5.32 Å². The molecule has 0 bridgehead atoms. The minimum absolute atomic E-state index is 0.0295. The Labute approximate surface area is 121 Å². The quantitative estimate of drug-likeness (QED) is 0.858. The van der Waals surface area contributed by atoms with Crippen LogP contribution in [0.2, 0.25) is 0 Å². The average Bonchev–Trinajstić information content (AvgIpc) is 2.93. The fourth-order valence-electron chi connectivity index (χ4n) is 2.54. The van der Waals surface area contributed by atoms with Crippen LogP contribution in [0.4, 0.5) is 5.69 Å². The lowest BCUT2D eigenvalue weighted by Gasteiger charge is -2.20. The molecule has 110 valence electrons. The molecule has 4 nitrogen and oxygen atoms in total. The van der Waals surface area contributed by atoms with Crippen molar-refractivity contribution in [3.05, 3.63) is 30.3 Å². The van der Waals surface area contributed by atoms with Gasteiger partial charge in [-0.3, -0.25) is 4.79 Å². The minimum Gasteiger partial charge on any atom is -0.371 e. The molecular weight excluding hydrogens is 250 g/mol. The van der Waals surface area contributed by atoms with Crippen LogP contribution in [-0.2, 0) is 4.79 Å². The van der Waals surface area contributed by atoms with Gasteiger partial charge in [0.05, 0.1) is 6.04 Å². The summed E-state index contributed by atoms with van der Waals surface area (Å²) in [5, 5.41) is 2.99. The summed E-state index contributed by atoms with van der Waals surface area (Å²) in [6, 6.07) is 10.0. The number of nitrogens with one attached hydrogen (secondary N) is 1. The molecule has 1 heterocycles. The number of carbonyl (C=O) groups is 1. The molecule has 0 radical (unpaired) electrons. The Balaban J connectivity index is 1.78. The van der Waals surface area contributed by atoms with E-state index in [0.29, 0.717) is 5.92 Å². The molecule has 1 aliphatic rings. The normalized spacial score (nSPS) is 20.2. The van der Waals surface area contributed by atoms with Gasteiger partial charge in [0.1, 0.15) is 0 Å². The van der Waals surface area contributed by atoms with Gasteiger partial charge in [-0.15, -0.1) is 0 Å². The van der Waals surface area contributed by atoms with Crippen molar-refractivity contribution in [1.29, 1.82) is 0 Å². The molecule has 1 unspecified atom stereocenters. The molecule has 1 fully saturated rings. The van der Waals surface area contributed by atoms with Gasteiger partial charge in [0, 0.05) is 25.3 Å². The third-order valence-corrected chi connectivity index (χ3v) is 3.99. The Hall–Kier alpha value is -1.55. The maximum absolute atomic E-state index is 11.8. The maximum Gasteiger partial charge on any atom is 0.237 e. The summed E-state index contributed by atoms with van der Waals surface area (Å²) >= 11 is 0. The van der Waals surface area contributed by atoms with Gasteiger partial charge in [0.25, 0.3) is 0 Å². The van der Waals surface area contributed by atoms with Crippen LogP contribution in [0.25, 0.3) is 0 Å². The average molecular weight is 275 g/mol. The standard InChI is InChI=1S/C16H25N3O/c1-12(2)15(17)16(20)18-10-13-8-9-19(11-13)14-6-4-3-5-7-14/h3-7,12-13,15H,8-11,17H2,1-2H3,(H,18,20)/t13?,15-/m0/s1. The van der Waals surface area contributed by atoms with Crippen LogP contribution in [-0.4, -0.2) is 31.6 Å². The van der Waals surface area contributed by atoms with Crippen LogP contribution >= 0.6 is 0 Å². The molecular formula is C16H25N3O. The van der Waals surface area contributed by atoms with E-state index in [0.717, 1.165) is 26.1 Å². The van der Waals surface area contributed by atoms with Crippen molar-refractivity contribution in [2.45, 2.75) is 26.3 Å². The lowest BCUT2D eigenvalue weighted by molar-refractivity contribution is -0.123. The Bertz CT molecular complexity index is 433. The van der Waals surface area contributed by atoms with Crippen LogP contribution in [0.3, 0.4) is 0 Å². The minimum atomic E-state index is -0.401. The second kappa shape index (κ2) is 6.75. The predicted octanol–water partition coefficient (Wildman–Crippen LogP) is 1.61. The molecule has 2 rings (SSSR count). The first kappa shape index (κ1) is 14.9. The number of hydrogen-bond donors (Lipinski definition) is 2. The van der Waals surface area contributed by atoms with E-state index >= 15 is 0 Å². The van der Waals surface area contributed by atoms with E-state index in [1.165, 1.54) is 5.69 Å². The Morgan fingerprint density at radius 2 is 2.10 bits per heavy atom. The number of rotatable bonds is 5. The molecule has 0 aromatic heterocycles. The molecule has 1 saturated heterocycles. The van der Waals surface area contributed by atoms with Crippen molar-refractivity contribution < 1.29 is 4.79 Å². The lowest BCUT2D eigenvalue weighted by atomic mass is 10.0. The summed E-state index contributed by atoms with van der Waals surface area (Å²) in [5.74, 6) is 0.663. The Morgan fingerprint density at radius 3 is 2.75 bits per heavy atom. The zero-order valence-electron chi connectivity index (χ0n) is 12.4. The van der Waals surface area contributed by atoms with E-state index in [4.69, 9.17) is 5.73 Å². The number of amides is 1. The summed E-state index contributed by atoms with van der Waals surface area (Å²) in [5.41, 5.74) is 7.10. The number of para-hydroxylation sites is 1. The number of nitrogens with zero attached hydrogens (tertiary/aromatic N) is 1. The highest BCUT2D eigenvalue weighted by Gasteiger charge is 2.24. The molecule has 1 amide bonds. The highest BCUT2D eigenvalue weighted by atomic mass is 16.2. The fraction of sp³-hybridized carbons (Fsp3) is 0.562. The highest BCUT2D eigenvalue weighted by molar-refractivity contribution is 5.81. The Morgan fingerprint density at radius 1 is 1.40 bits per heavy atom. The monoisotopic (exact) mass is 275 g/mol. The van der Waals surface area contributed by atoms with E-state index in [2.05, 4.69) is 34.5 Å². The van der Waals surface area contributed by atoms with Crippen LogP contribution < -0.4 is 16.0 Å². The smallest absolute Gasteiger partial charge is 0.237 e. The van der Waals surface area contributed by atoms with E-state index in [1.807, 2.05) is 19.9 Å². The number of benzene rings is 1. The SMILES string of the molecule is CC(C)[C@H](N)C(=O)NCC1CCN(c2ccccc2)C1. The second-order valence-electron chi connectivity index (χ2n) is 5.95. The molecule has 1 aliphatic heterocycles. The van der Waals surface area contributed by atoms with E-state index < -0.39 is 6.04 Å². The first-order valence-corrected chi connectivity index (χ1v) is 7.41. The topological polar surface area (TPSA) is 58.4 Å².